The Morgan fingerprint density at radius 1 is 1.22 bits per heavy atom. The van der Waals surface area contributed by atoms with Crippen LogP contribution < -0.4 is 0 Å². The predicted molar refractivity (Wildman–Crippen MR) is 114 cm³/mol. The summed E-state index contributed by atoms with van der Waals surface area (Å²) in [5.74, 6) is -1.25. The van der Waals surface area contributed by atoms with Crippen molar-refractivity contribution in [3.8, 4) is 11.1 Å². The molecule has 0 aliphatic carbocycles. The Morgan fingerprint density at radius 3 is 2.74 bits per heavy atom. The van der Waals surface area contributed by atoms with E-state index in [0.29, 0.717) is 19.3 Å². The number of thiocarbonyl (C=S) groups is 1. The summed E-state index contributed by atoms with van der Waals surface area (Å²) in [5.41, 5.74) is 2.48. The molecule has 0 saturated carbocycles. The van der Waals surface area contributed by atoms with Gasteiger partial charge in [-0.3, -0.25) is 14.5 Å². The van der Waals surface area contributed by atoms with Gasteiger partial charge in [-0.15, -0.1) is 0 Å². The van der Waals surface area contributed by atoms with Crippen molar-refractivity contribution in [3.63, 3.8) is 0 Å². The summed E-state index contributed by atoms with van der Waals surface area (Å²) in [5, 5.41) is 9.97. The molecule has 1 aliphatic rings. The summed E-state index contributed by atoms with van der Waals surface area (Å²) in [6.07, 6.45) is 1.59. The number of nitrogens with zero attached hydrogens (tertiary/aromatic N) is 1. The number of carboxylic acids is 1. The van der Waals surface area contributed by atoms with Gasteiger partial charge in [-0.25, -0.2) is 0 Å². The van der Waals surface area contributed by atoms with Crippen LogP contribution in [-0.4, -0.2) is 32.7 Å². The van der Waals surface area contributed by atoms with Crippen LogP contribution in [0.4, 0.5) is 0 Å². The van der Waals surface area contributed by atoms with Crippen LogP contribution in [0.25, 0.3) is 17.2 Å². The first-order chi connectivity index (χ1) is 12.8. The summed E-state index contributed by atoms with van der Waals surface area (Å²) in [6, 6.07) is 12.8. The topological polar surface area (TPSA) is 57.6 Å². The van der Waals surface area contributed by atoms with Crippen LogP contribution in [0.5, 0.6) is 0 Å². The zero-order chi connectivity index (χ0) is 19.6. The molecule has 2 aromatic carbocycles. The van der Waals surface area contributed by atoms with E-state index in [9.17, 15) is 9.59 Å². The summed E-state index contributed by atoms with van der Waals surface area (Å²) in [4.78, 5) is 25.0. The number of carbonyl (C=O) groups is 2. The summed E-state index contributed by atoms with van der Waals surface area (Å²) >= 11 is 18.7. The third-order valence-corrected chi connectivity index (χ3v) is 5.79. The number of carboxylic acid groups (broad SMARTS) is 1. The number of aliphatic carboxylic acids is 1. The van der Waals surface area contributed by atoms with E-state index in [4.69, 9.17) is 40.5 Å². The lowest BCUT2D eigenvalue weighted by Gasteiger charge is -2.12. The van der Waals surface area contributed by atoms with Crippen molar-refractivity contribution in [2.45, 2.75) is 6.42 Å². The molecule has 1 saturated heterocycles. The van der Waals surface area contributed by atoms with Crippen molar-refractivity contribution >= 4 is 69.5 Å². The highest BCUT2D eigenvalue weighted by atomic mass is 35.5. The third-order valence-electron chi connectivity index (χ3n) is 3.85. The highest BCUT2D eigenvalue weighted by Gasteiger charge is 2.32. The number of hydrogen-bond donors (Lipinski definition) is 1. The molecule has 8 heteroatoms. The molecule has 0 unspecified atom stereocenters. The monoisotopic (exact) mass is 437 g/mol. The van der Waals surface area contributed by atoms with Crippen LogP contribution in [0, 0.1) is 0 Å². The summed E-state index contributed by atoms with van der Waals surface area (Å²) in [7, 11) is 0. The van der Waals surface area contributed by atoms with Gasteiger partial charge in [0.1, 0.15) is 4.32 Å². The second kappa shape index (κ2) is 8.44. The van der Waals surface area contributed by atoms with Crippen molar-refractivity contribution in [1.29, 1.82) is 0 Å². The minimum Gasteiger partial charge on any atom is -0.481 e. The van der Waals surface area contributed by atoms with E-state index in [-0.39, 0.29) is 18.9 Å². The first kappa shape index (κ1) is 19.9. The fourth-order valence-electron chi connectivity index (χ4n) is 2.57. The van der Waals surface area contributed by atoms with Crippen LogP contribution in [0.3, 0.4) is 0 Å². The molecule has 0 spiro atoms. The fourth-order valence-corrected chi connectivity index (χ4v) is 4.27. The van der Waals surface area contributed by atoms with Crippen molar-refractivity contribution in [2.75, 3.05) is 6.54 Å². The number of rotatable bonds is 5. The highest BCUT2D eigenvalue weighted by Crippen LogP contribution is 2.34. The zero-order valence-corrected chi connectivity index (χ0v) is 17.0. The molecule has 4 nitrogen and oxygen atoms in total. The minimum atomic E-state index is -0.973. The van der Waals surface area contributed by atoms with Crippen molar-refractivity contribution < 1.29 is 14.7 Å². The smallest absolute Gasteiger partial charge is 0.305 e. The number of amides is 1. The number of hydrogen-bond acceptors (Lipinski definition) is 4. The molecule has 0 radical (unpaired) electrons. The molecule has 27 heavy (non-hydrogen) atoms. The van der Waals surface area contributed by atoms with E-state index in [1.165, 1.54) is 4.90 Å². The quantitative estimate of drug-likeness (QED) is 0.505. The van der Waals surface area contributed by atoms with Gasteiger partial charge in [0.25, 0.3) is 5.91 Å². The minimum absolute atomic E-state index is 0.0650. The van der Waals surface area contributed by atoms with E-state index in [0.717, 1.165) is 28.5 Å². The highest BCUT2D eigenvalue weighted by molar-refractivity contribution is 8.26. The number of benzene rings is 2. The third kappa shape index (κ3) is 4.71. The molecule has 0 bridgehead atoms. The number of thioether (sulfide) groups is 1. The Balaban J connectivity index is 1.88. The summed E-state index contributed by atoms with van der Waals surface area (Å²) in [6.45, 7) is 0.0650. The van der Waals surface area contributed by atoms with Crippen LogP contribution >= 0.6 is 47.2 Å². The van der Waals surface area contributed by atoms with Gasteiger partial charge >= 0.3 is 5.97 Å². The molecule has 0 aromatic heterocycles. The second-order valence-electron chi connectivity index (χ2n) is 5.73. The van der Waals surface area contributed by atoms with Crippen LogP contribution in [0.1, 0.15) is 12.0 Å². The first-order valence-corrected chi connectivity index (χ1v) is 9.86. The Labute approximate surface area is 175 Å². The summed E-state index contributed by atoms with van der Waals surface area (Å²) < 4.78 is 0.363. The van der Waals surface area contributed by atoms with Gasteiger partial charge in [-0.05, 0) is 41.5 Å². The molecular formula is C19H13Cl2NO3S2. The van der Waals surface area contributed by atoms with Crippen molar-refractivity contribution in [3.05, 3.63) is 63.0 Å². The maximum absolute atomic E-state index is 12.5. The largest absolute Gasteiger partial charge is 0.481 e. The number of carbonyl (C=O) groups excluding carboxylic acids is 1. The van der Waals surface area contributed by atoms with Gasteiger partial charge in [-0.1, -0.05) is 65.4 Å². The van der Waals surface area contributed by atoms with Gasteiger partial charge in [0.05, 0.1) is 11.3 Å². The molecule has 0 atom stereocenters. The molecule has 138 valence electrons. The molecule has 2 aromatic rings. The molecular weight excluding hydrogens is 425 g/mol. The van der Waals surface area contributed by atoms with Gasteiger partial charge < -0.3 is 5.11 Å². The lowest BCUT2D eigenvalue weighted by atomic mass is 10.0. The molecule has 1 amide bonds. The van der Waals surface area contributed by atoms with Crippen LogP contribution in [0.15, 0.2) is 47.4 Å². The van der Waals surface area contributed by atoms with Gasteiger partial charge in [0, 0.05) is 22.2 Å². The zero-order valence-electron chi connectivity index (χ0n) is 13.8. The molecule has 3 rings (SSSR count). The Morgan fingerprint density at radius 2 is 2.00 bits per heavy atom. The maximum atomic E-state index is 12.5. The average Bonchev–Trinajstić information content (AvgIpc) is 2.88. The van der Waals surface area contributed by atoms with Gasteiger partial charge in [-0.2, -0.15) is 0 Å². The van der Waals surface area contributed by atoms with Gasteiger partial charge in [0.15, 0.2) is 0 Å². The Bertz CT molecular complexity index is 975. The molecule has 1 heterocycles. The van der Waals surface area contributed by atoms with E-state index in [2.05, 4.69) is 0 Å². The first-order valence-electron chi connectivity index (χ1n) is 7.88. The molecule has 1 fully saturated rings. The van der Waals surface area contributed by atoms with Gasteiger partial charge in [0.2, 0.25) is 0 Å². The van der Waals surface area contributed by atoms with E-state index < -0.39 is 5.97 Å². The SMILES string of the molecule is O=C(O)CCN1C(=O)C(=Cc2cccc(-c3cc(Cl)ccc3Cl)c2)SC1=S. The lowest BCUT2D eigenvalue weighted by Crippen LogP contribution is -2.30. The normalized spacial score (nSPS) is 15.6. The second-order valence-corrected chi connectivity index (χ2v) is 8.25. The number of halogens is 2. The van der Waals surface area contributed by atoms with Crippen molar-refractivity contribution in [2.24, 2.45) is 0 Å². The van der Waals surface area contributed by atoms with E-state index in [1.54, 1.807) is 24.3 Å². The molecule has 1 N–H and O–H groups in total. The van der Waals surface area contributed by atoms with E-state index >= 15 is 0 Å². The lowest BCUT2D eigenvalue weighted by molar-refractivity contribution is -0.137. The van der Waals surface area contributed by atoms with Crippen LogP contribution in [0.2, 0.25) is 10.0 Å². The Kier molecular flexibility index (Phi) is 6.22. The standard InChI is InChI=1S/C19H13Cl2NO3S2/c20-13-4-5-15(21)14(10-13)12-3-1-2-11(8-12)9-16-18(25)22(19(26)27-16)7-6-17(23)24/h1-5,8-10H,6-7H2,(H,23,24). The Hall–Kier alpha value is -1.86. The van der Waals surface area contributed by atoms with Crippen LogP contribution in [-0.2, 0) is 9.59 Å². The maximum Gasteiger partial charge on any atom is 0.305 e. The van der Waals surface area contributed by atoms with E-state index in [1.807, 2.05) is 24.3 Å². The van der Waals surface area contributed by atoms with Crippen molar-refractivity contribution in [1.82, 2.24) is 4.90 Å². The average molecular weight is 438 g/mol. The molecule has 1 aliphatic heterocycles. The predicted octanol–water partition coefficient (Wildman–Crippen LogP) is 5.34. The fraction of sp³-hybridized carbons (Fsp3) is 0.105.